The fourth-order valence-electron chi connectivity index (χ4n) is 2.37. The maximum absolute atomic E-state index is 12.3. The van der Waals surface area contributed by atoms with Crippen LogP contribution in [0.2, 0.25) is 10.0 Å². The van der Waals surface area contributed by atoms with Gasteiger partial charge in [-0.25, -0.2) is 0 Å². The number of aromatic nitrogens is 4. The second kappa shape index (κ2) is 6.68. The monoisotopic (exact) mass is 403 g/mol. The number of hydrogen-bond acceptors (Lipinski definition) is 5. The van der Waals surface area contributed by atoms with Crippen molar-refractivity contribution in [1.29, 1.82) is 0 Å². The van der Waals surface area contributed by atoms with Crippen molar-refractivity contribution < 1.29 is 4.79 Å². The zero-order valence-electron chi connectivity index (χ0n) is 13.4. The molecule has 6 nitrogen and oxygen atoms in total. The quantitative estimate of drug-likeness (QED) is 0.536. The number of benzene rings is 2. The summed E-state index contributed by atoms with van der Waals surface area (Å²) in [6, 6.07) is 12.2. The number of rotatable bonds is 3. The zero-order chi connectivity index (χ0) is 18.3. The Morgan fingerprint density at radius 3 is 2.54 bits per heavy atom. The van der Waals surface area contributed by atoms with E-state index >= 15 is 0 Å². The third-order valence-electron chi connectivity index (χ3n) is 3.72. The second-order valence-electron chi connectivity index (χ2n) is 5.51. The SMILES string of the molecule is Cc1nnc2sc(-c3ccc(NC(=O)c4ccc(Cl)c(Cl)c4)cc3)nn12. The highest BCUT2D eigenvalue weighted by Crippen LogP contribution is 2.27. The van der Waals surface area contributed by atoms with Gasteiger partial charge in [-0.2, -0.15) is 9.61 Å². The maximum atomic E-state index is 12.3. The van der Waals surface area contributed by atoms with Crippen molar-refractivity contribution in [2.45, 2.75) is 6.92 Å². The van der Waals surface area contributed by atoms with Gasteiger partial charge in [0.2, 0.25) is 4.96 Å². The Bertz CT molecular complexity index is 1120. The third kappa shape index (κ3) is 3.16. The number of nitrogens with zero attached hydrogens (tertiary/aromatic N) is 4. The number of fused-ring (bicyclic) bond motifs is 1. The Kier molecular flexibility index (Phi) is 4.36. The summed E-state index contributed by atoms with van der Waals surface area (Å²) in [6.45, 7) is 1.85. The summed E-state index contributed by atoms with van der Waals surface area (Å²) < 4.78 is 1.71. The predicted octanol–water partition coefficient (Wildman–Crippen LogP) is 4.72. The summed E-state index contributed by atoms with van der Waals surface area (Å²) in [4.78, 5) is 13.1. The molecule has 1 N–H and O–H groups in total. The van der Waals surface area contributed by atoms with Gasteiger partial charge < -0.3 is 5.32 Å². The van der Waals surface area contributed by atoms with Gasteiger partial charge in [0.05, 0.1) is 10.0 Å². The molecule has 0 atom stereocenters. The molecule has 0 radical (unpaired) electrons. The van der Waals surface area contributed by atoms with Gasteiger partial charge in [-0.1, -0.05) is 34.5 Å². The molecule has 2 heterocycles. The number of nitrogens with one attached hydrogen (secondary N) is 1. The van der Waals surface area contributed by atoms with E-state index in [1.54, 1.807) is 16.6 Å². The molecule has 0 aliphatic heterocycles. The smallest absolute Gasteiger partial charge is 0.255 e. The lowest BCUT2D eigenvalue weighted by Crippen LogP contribution is -2.11. The summed E-state index contributed by atoms with van der Waals surface area (Å²) in [6.07, 6.45) is 0. The van der Waals surface area contributed by atoms with E-state index in [2.05, 4.69) is 20.6 Å². The van der Waals surface area contributed by atoms with Gasteiger partial charge in [0.25, 0.3) is 5.91 Å². The standard InChI is InChI=1S/C17H11Cl2N5OS/c1-9-21-22-17-24(9)23-16(26-17)10-2-5-12(6-3-10)20-15(25)11-4-7-13(18)14(19)8-11/h2-8H,1H3,(H,20,25). The minimum absolute atomic E-state index is 0.259. The van der Waals surface area contributed by atoms with Crippen LogP contribution in [0.25, 0.3) is 15.5 Å². The molecule has 4 rings (SSSR count). The third-order valence-corrected chi connectivity index (χ3v) is 5.41. The van der Waals surface area contributed by atoms with Crippen molar-refractivity contribution >= 4 is 51.1 Å². The van der Waals surface area contributed by atoms with Gasteiger partial charge in [-0.05, 0) is 49.4 Å². The van der Waals surface area contributed by atoms with Crippen LogP contribution in [0.3, 0.4) is 0 Å². The summed E-state index contributed by atoms with van der Waals surface area (Å²) in [5.41, 5.74) is 2.05. The first-order valence-corrected chi connectivity index (χ1v) is 9.14. The van der Waals surface area contributed by atoms with Crippen LogP contribution in [0, 0.1) is 6.92 Å². The van der Waals surface area contributed by atoms with Crippen LogP contribution in [-0.4, -0.2) is 25.7 Å². The molecule has 1 amide bonds. The summed E-state index contributed by atoms with van der Waals surface area (Å²) >= 11 is 13.3. The molecule has 0 saturated heterocycles. The van der Waals surface area contributed by atoms with Gasteiger partial charge in [0.1, 0.15) is 5.01 Å². The zero-order valence-corrected chi connectivity index (χ0v) is 15.7. The lowest BCUT2D eigenvalue weighted by molar-refractivity contribution is 0.102. The second-order valence-corrected chi connectivity index (χ2v) is 7.28. The van der Waals surface area contributed by atoms with Crippen molar-refractivity contribution in [3.63, 3.8) is 0 Å². The van der Waals surface area contributed by atoms with Crippen LogP contribution < -0.4 is 5.32 Å². The normalized spacial score (nSPS) is 11.0. The number of anilines is 1. The van der Waals surface area contributed by atoms with Gasteiger partial charge in [0, 0.05) is 16.8 Å². The van der Waals surface area contributed by atoms with Crippen molar-refractivity contribution in [2.75, 3.05) is 5.32 Å². The van der Waals surface area contributed by atoms with Gasteiger partial charge in [-0.3, -0.25) is 4.79 Å². The minimum Gasteiger partial charge on any atom is -0.322 e. The molecule has 26 heavy (non-hydrogen) atoms. The van der Waals surface area contributed by atoms with Crippen molar-refractivity contribution in [3.05, 3.63) is 63.9 Å². The Balaban J connectivity index is 1.53. The summed E-state index contributed by atoms with van der Waals surface area (Å²) in [5, 5.41) is 16.9. The average Bonchev–Trinajstić information content (AvgIpc) is 3.20. The van der Waals surface area contributed by atoms with Crippen molar-refractivity contribution in [1.82, 2.24) is 19.8 Å². The first-order valence-electron chi connectivity index (χ1n) is 7.57. The molecule has 2 aromatic heterocycles. The van der Waals surface area contributed by atoms with Crippen LogP contribution in [0.15, 0.2) is 42.5 Å². The van der Waals surface area contributed by atoms with Gasteiger partial charge in [0.15, 0.2) is 5.82 Å². The van der Waals surface area contributed by atoms with E-state index < -0.39 is 0 Å². The minimum atomic E-state index is -0.259. The maximum Gasteiger partial charge on any atom is 0.255 e. The van der Waals surface area contributed by atoms with Crippen molar-refractivity contribution in [3.8, 4) is 10.6 Å². The lowest BCUT2D eigenvalue weighted by Gasteiger charge is -2.06. The number of amides is 1. The first-order chi connectivity index (χ1) is 12.5. The number of carbonyl (C=O) groups is 1. The molecule has 0 spiro atoms. The molecule has 0 bridgehead atoms. The Morgan fingerprint density at radius 2 is 1.85 bits per heavy atom. The molecule has 0 saturated carbocycles. The number of hydrogen-bond donors (Lipinski definition) is 1. The molecular formula is C17H11Cl2N5OS. The molecule has 0 fully saturated rings. The topological polar surface area (TPSA) is 72.2 Å². The molecule has 0 aliphatic carbocycles. The molecule has 130 valence electrons. The molecular weight excluding hydrogens is 393 g/mol. The molecule has 4 aromatic rings. The van der Waals surface area contributed by atoms with Gasteiger partial charge in [-0.15, -0.1) is 10.2 Å². The van der Waals surface area contributed by atoms with Crippen LogP contribution in [0.1, 0.15) is 16.2 Å². The largest absolute Gasteiger partial charge is 0.322 e. The van der Waals surface area contributed by atoms with Crippen LogP contribution in [0.5, 0.6) is 0 Å². The number of aryl methyl sites for hydroxylation is 1. The van der Waals surface area contributed by atoms with Crippen LogP contribution in [0.4, 0.5) is 5.69 Å². The van der Waals surface area contributed by atoms with Gasteiger partial charge >= 0.3 is 0 Å². The van der Waals surface area contributed by atoms with E-state index in [-0.39, 0.29) is 5.91 Å². The van der Waals surface area contributed by atoms with E-state index in [1.807, 2.05) is 31.2 Å². The van der Waals surface area contributed by atoms with E-state index in [9.17, 15) is 4.79 Å². The Labute approximate surface area is 162 Å². The summed E-state index contributed by atoms with van der Waals surface area (Å²) in [5.74, 6) is 0.485. The fourth-order valence-corrected chi connectivity index (χ4v) is 3.56. The van der Waals surface area contributed by atoms with Crippen molar-refractivity contribution in [2.24, 2.45) is 0 Å². The average molecular weight is 404 g/mol. The molecule has 0 unspecified atom stereocenters. The Morgan fingerprint density at radius 1 is 1.08 bits per heavy atom. The van der Waals surface area contributed by atoms with E-state index in [0.717, 1.165) is 21.4 Å². The molecule has 9 heteroatoms. The highest BCUT2D eigenvalue weighted by molar-refractivity contribution is 7.19. The fraction of sp³-hybridized carbons (Fsp3) is 0.0588. The number of halogens is 2. The van der Waals surface area contributed by atoms with E-state index in [0.29, 0.717) is 21.3 Å². The summed E-state index contributed by atoms with van der Waals surface area (Å²) in [7, 11) is 0. The molecule has 2 aromatic carbocycles. The van der Waals surface area contributed by atoms with Crippen LogP contribution >= 0.6 is 34.5 Å². The highest BCUT2D eigenvalue weighted by Gasteiger charge is 2.12. The van der Waals surface area contributed by atoms with E-state index in [4.69, 9.17) is 23.2 Å². The Hall–Kier alpha value is -2.48. The molecule has 0 aliphatic rings. The first kappa shape index (κ1) is 17.0. The number of carbonyl (C=O) groups excluding carboxylic acids is 1. The highest BCUT2D eigenvalue weighted by atomic mass is 35.5. The lowest BCUT2D eigenvalue weighted by atomic mass is 10.2. The van der Waals surface area contributed by atoms with Crippen LogP contribution in [-0.2, 0) is 0 Å². The van der Waals surface area contributed by atoms with E-state index in [1.165, 1.54) is 17.4 Å². The predicted molar refractivity (Wildman–Crippen MR) is 103 cm³/mol.